The third-order valence-electron chi connectivity index (χ3n) is 3.40. The molecule has 1 N–H and O–H groups in total. The average molecular weight is 289 g/mol. The van der Waals surface area contributed by atoms with Crippen molar-refractivity contribution in [2.24, 2.45) is 4.99 Å². The van der Waals surface area contributed by atoms with Crippen molar-refractivity contribution in [3.05, 3.63) is 28.8 Å². The Bertz CT molecular complexity index is 534. The highest BCUT2D eigenvalue weighted by Gasteiger charge is 2.24. The summed E-state index contributed by atoms with van der Waals surface area (Å²) in [7, 11) is 0. The first-order chi connectivity index (χ1) is 9.22. The van der Waals surface area contributed by atoms with Crippen LogP contribution in [0.15, 0.2) is 17.1 Å². The maximum Gasteiger partial charge on any atom is 0.128 e. The average Bonchev–Trinajstić information content (AvgIpc) is 2.23. The van der Waals surface area contributed by atoms with Crippen molar-refractivity contribution in [2.45, 2.75) is 78.7 Å². The topological polar surface area (TPSA) is 32.6 Å². The van der Waals surface area contributed by atoms with Gasteiger partial charge in [0.05, 0.1) is 5.54 Å². The number of aromatic hydroxyl groups is 1. The van der Waals surface area contributed by atoms with Gasteiger partial charge in [0.1, 0.15) is 5.75 Å². The Morgan fingerprint density at radius 1 is 0.857 bits per heavy atom. The van der Waals surface area contributed by atoms with E-state index in [1.165, 1.54) is 5.56 Å². The molecule has 0 aliphatic heterocycles. The van der Waals surface area contributed by atoms with E-state index in [0.29, 0.717) is 5.75 Å². The minimum Gasteiger partial charge on any atom is -0.507 e. The molecular weight excluding hydrogens is 258 g/mol. The predicted octanol–water partition coefficient (Wildman–Crippen LogP) is 5.20. The van der Waals surface area contributed by atoms with Gasteiger partial charge >= 0.3 is 0 Å². The molecule has 2 nitrogen and oxygen atoms in total. The Morgan fingerprint density at radius 3 is 1.76 bits per heavy atom. The predicted molar refractivity (Wildman–Crippen MR) is 92.9 cm³/mol. The third-order valence-corrected chi connectivity index (χ3v) is 3.40. The summed E-state index contributed by atoms with van der Waals surface area (Å²) in [5, 5.41) is 10.6. The number of hydrogen-bond donors (Lipinski definition) is 1. The van der Waals surface area contributed by atoms with Gasteiger partial charge in [-0.25, -0.2) is 0 Å². The van der Waals surface area contributed by atoms with Crippen molar-refractivity contribution in [3.8, 4) is 5.75 Å². The van der Waals surface area contributed by atoms with Crippen molar-refractivity contribution >= 4 is 6.21 Å². The highest BCUT2D eigenvalue weighted by atomic mass is 16.3. The molecule has 0 bridgehead atoms. The fraction of sp³-hybridized carbons (Fsp3) is 0.632. The van der Waals surface area contributed by atoms with E-state index in [2.05, 4.69) is 79.4 Å². The smallest absolute Gasteiger partial charge is 0.128 e. The van der Waals surface area contributed by atoms with Gasteiger partial charge in [0.2, 0.25) is 0 Å². The van der Waals surface area contributed by atoms with Crippen LogP contribution in [-0.4, -0.2) is 16.9 Å². The highest BCUT2D eigenvalue weighted by molar-refractivity contribution is 5.85. The largest absolute Gasteiger partial charge is 0.507 e. The number of phenols is 1. The summed E-state index contributed by atoms with van der Waals surface area (Å²) >= 11 is 0. The normalized spacial score (nSPS) is 14.0. The second kappa shape index (κ2) is 5.47. The van der Waals surface area contributed by atoms with Crippen LogP contribution in [0.3, 0.4) is 0 Å². The summed E-state index contributed by atoms with van der Waals surface area (Å²) in [6.07, 6.45) is 1.81. The van der Waals surface area contributed by atoms with Crippen molar-refractivity contribution < 1.29 is 5.11 Å². The number of rotatable bonds is 1. The monoisotopic (exact) mass is 289 g/mol. The summed E-state index contributed by atoms with van der Waals surface area (Å²) in [6, 6.07) is 4.18. The molecule has 1 aromatic rings. The molecule has 0 saturated heterocycles. The van der Waals surface area contributed by atoms with Gasteiger partial charge in [-0.15, -0.1) is 0 Å². The van der Waals surface area contributed by atoms with Crippen molar-refractivity contribution in [1.29, 1.82) is 0 Å². The second-order valence-electron chi connectivity index (χ2n) is 8.89. The van der Waals surface area contributed by atoms with E-state index in [0.717, 1.165) is 11.1 Å². The molecule has 0 aliphatic carbocycles. The first kappa shape index (κ1) is 17.7. The molecular formula is C19H31NO. The van der Waals surface area contributed by atoms with Gasteiger partial charge in [0.15, 0.2) is 0 Å². The lowest BCUT2D eigenvalue weighted by Gasteiger charge is -2.27. The number of aliphatic imine (C=N–C) groups is 1. The molecule has 0 aliphatic rings. The number of nitrogens with zero attached hydrogens (tertiary/aromatic N) is 1. The molecule has 0 aromatic heterocycles. The molecule has 0 fully saturated rings. The zero-order valence-corrected chi connectivity index (χ0v) is 15.1. The Balaban J connectivity index is 3.53. The van der Waals surface area contributed by atoms with Crippen LogP contribution in [0.4, 0.5) is 0 Å². The summed E-state index contributed by atoms with van der Waals surface area (Å²) in [4.78, 5) is 4.55. The lowest BCUT2D eigenvalue weighted by Crippen LogP contribution is -2.18. The first-order valence-corrected chi connectivity index (χ1v) is 7.65. The van der Waals surface area contributed by atoms with Crippen LogP contribution in [0.1, 0.15) is 79.0 Å². The lowest BCUT2D eigenvalue weighted by atomic mass is 9.79. The van der Waals surface area contributed by atoms with Gasteiger partial charge in [-0.2, -0.15) is 0 Å². The summed E-state index contributed by atoms with van der Waals surface area (Å²) in [5.41, 5.74) is 2.80. The molecule has 118 valence electrons. The lowest BCUT2D eigenvalue weighted by molar-refractivity contribution is 0.443. The van der Waals surface area contributed by atoms with Gasteiger partial charge in [0, 0.05) is 17.3 Å². The minimum absolute atomic E-state index is 0.0397. The van der Waals surface area contributed by atoms with Crippen LogP contribution >= 0.6 is 0 Å². The first-order valence-electron chi connectivity index (χ1n) is 7.65. The van der Waals surface area contributed by atoms with Crippen LogP contribution in [0.2, 0.25) is 0 Å². The SMILES string of the molecule is CC(C)(C)N=Cc1cc(C(C)(C)C)cc(C(C)(C)C)c1O. The molecule has 0 amide bonds. The minimum atomic E-state index is -0.147. The van der Waals surface area contributed by atoms with Gasteiger partial charge in [0.25, 0.3) is 0 Å². The molecule has 0 saturated carbocycles. The van der Waals surface area contributed by atoms with E-state index < -0.39 is 0 Å². The van der Waals surface area contributed by atoms with Crippen LogP contribution in [0.5, 0.6) is 5.75 Å². The van der Waals surface area contributed by atoms with Crippen molar-refractivity contribution in [2.75, 3.05) is 0 Å². The van der Waals surface area contributed by atoms with E-state index in [1.807, 2.05) is 0 Å². The molecule has 0 unspecified atom stereocenters. The fourth-order valence-electron chi connectivity index (χ4n) is 2.02. The van der Waals surface area contributed by atoms with Crippen LogP contribution in [-0.2, 0) is 10.8 Å². The number of phenolic OH excluding ortho intramolecular Hbond substituents is 1. The van der Waals surface area contributed by atoms with E-state index in [4.69, 9.17) is 0 Å². The molecule has 0 atom stereocenters. The number of benzene rings is 1. The zero-order chi connectivity index (χ0) is 16.6. The van der Waals surface area contributed by atoms with E-state index in [9.17, 15) is 5.11 Å². The van der Waals surface area contributed by atoms with Gasteiger partial charge < -0.3 is 5.11 Å². The Labute approximate surface area is 130 Å². The Morgan fingerprint density at radius 2 is 1.38 bits per heavy atom. The Kier molecular flexibility index (Phi) is 4.62. The quantitative estimate of drug-likeness (QED) is 0.708. The molecule has 0 heterocycles. The summed E-state index contributed by atoms with van der Waals surface area (Å²) in [5.74, 6) is 0.350. The van der Waals surface area contributed by atoms with Crippen LogP contribution in [0.25, 0.3) is 0 Å². The second-order valence-corrected chi connectivity index (χ2v) is 8.89. The fourth-order valence-corrected chi connectivity index (χ4v) is 2.02. The summed E-state index contributed by atoms with van der Waals surface area (Å²) in [6.45, 7) is 19.1. The molecule has 21 heavy (non-hydrogen) atoms. The van der Waals surface area contributed by atoms with Gasteiger partial charge in [-0.05, 0) is 43.2 Å². The molecule has 1 rings (SSSR count). The van der Waals surface area contributed by atoms with Crippen molar-refractivity contribution in [1.82, 2.24) is 0 Å². The Hall–Kier alpha value is -1.31. The highest BCUT2D eigenvalue weighted by Crippen LogP contribution is 2.37. The summed E-state index contributed by atoms with van der Waals surface area (Å²) < 4.78 is 0. The van der Waals surface area contributed by atoms with Crippen LogP contribution in [0, 0.1) is 0 Å². The van der Waals surface area contributed by atoms with Gasteiger partial charge in [-0.1, -0.05) is 47.6 Å². The maximum absolute atomic E-state index is 10.6. The standard InChI is InChI=1S/C19H31NO/c1-17(2,3)14-10-13(12-20-19(7,8)9)16(21)15(11-14)18(4,5)6/h10-12,21H,1-9H3. The number of hydrogen-bond acceptors (Lipinski definition) is 2. The maximum atomic E-state index is 10.6. The molecule has 2 heteroatoms. The van der Waals surface area contributed by atoms with E-state index >= 15 is 0 Å². The van der Waals surface area contributed by atoms with Crippen LogP contribution < -0.4 is 0 Å². The van der Waals surface area contributed by atoms with E-state index in [-0.39, 0.29) is 16.4 Å². The van der Waals surface area contributed by atoms with E-state index in [1.54, 1.807) is 6.21 Å². The van der Waals surface area contributed by atoms with Crippen molar-refractivity contribution in [3.63, 3.8) is 0 Å². The zero-order valence-electron chi connectivity index (χ0n) is 15.1. The molecule has 1 aromatic carbocycles. The third kappa shape index (κ3) is 4.87. The molecule has 0 spiro atoms. The van der Waals surface area contributed by atoms with Gasteiger partial charge in [-0.3, -0.25) is 4.99 Å². The molecule has 0 radical (unpaired) electrons.